The Kier molecular flexibility index (Phi) is 4.28. The number of halogens is 2. The van der Waals surface area contributed by atoms with E-state index in [0.29, 0.717) is 13.1 Å². The fourth-order valence-electron chi connectivity index (χ4n) is 2.86. The average molecular weight is 322 g/mol. The lowest BCUT2D eigenvalue weighted by Gasteiger charge is -2.31. The second-order valence-corrected chi connectivity index (χ2v) is 6.99. The summed E-state index contributed by atoms with van der Waals surface area (Å²) in [6, 6.07) is 6.40. The van der Waals surface area contributed by atoms with Crippen molar-refractivity contribution in [3.8, 4) is 10.6 Å². The molecule has 1 aliphatic heterocycles. The standard InChI is InChI=1S/C17H20F2N2S/c1-12-7-14(10-21-5-3-17(18,19)4-6-21)9-15(8-12)16-20-13(2)11-22-16/h7-9,11H,3-6,10H2,1-2H3. The van der Waals surface area contributed by atoms with Gasteiger partial charge in [0.05, 0.1) is 0 Å². The molecule has 2 aromatic rings. The minimum atomic E-state index is -2.48. The van der Waals surface area contributed by atoms with Crippen LogP contribution in [0.25, 0.3) is 10.6 Å². The first-order chi connectivity index (χ1) is 10.4. The Morgan fingerprint density at radius 1 is 1.18 bits per heavy atom. The Morgan fingerprint density at radius 2 is 1.91 bits per heavy atom. The van der Waals surface area contributed by atoms with Crippen molar-refractivity contribution in [1.29, 1.82) is 0 Å². The fraction of sp³-hybridized carbons (Fsp3) is 0.471. The molecule has 1 fully saturated rings. The van der Waals surface area contributed by atoms with Crippen molar-refractivity contribution >= 4 is 11.3 Å². The van der Waals surface area contributed by atoms with Crippen LogP contribution >= 0.6 is 11.3 Å². The van der Waals surface area contributed by atoms with E-state index in [9.17, 15) is 8.78 Å². The molecular formula is C17H20F2N2S. The van der Waals surface area contributed by atoms with Gasteiger partial charge in [-0.3, -0.25) is 4.90 Å². The number of thiazole rings is 1. The van der Waals surface area contributed by atoms with Crippen LogP contribution in [0.1, 0.15) is 29.7 Å². The van der Waals surface area contributed by atoms with Crippen molar-refractivity contribution in [2.24, 2.45) is 0 Å². The second kappa shape index (κ2) is 6.05. The van der Waals surface area contributed by atoms with Crippen LogP contribution in [-0.4, -0.2) is 28.9 Å². The molecule has 0 atom stereocenters. The lowest BCUT2D eigenvalue weighted by molar-refractivity contribution is -0.0566. The molecule has 0 spiro atoms. The van der Waals surface area contributed by atoms with Crippen LogP contribution in [0.2, 0.25) is 0 Å². The third-order valence-corrected chi connectivity index (χ3v) is 5.01. The van der Waals surface area contributed by atoms with Gasteiger partial charge in [0.15, 0.2) is 0 Å². The molecule has 0 radical (unpaired) electrons. The highest BCUT2D eigenvalue weighted by molar-refractivity contribution is 7.13. The van der Waals surface area contributed by atoms with Gasteiger partial charge in [-0.1, -0.05) is 11.6 Å². The molecule has 1 aromatic heterocycles. The van der Waals surface area contributed by atoms with E-state index in [1.54, 1.807) is 11.3 Å². The summed E-state index contributed by atoms with van der Waals surface area (Å²) in [5, 5.41) is 3.07. The van der Waals surface area contributed by atoms with E-state index in [1.165, 1.54) is 11.1 Å². The number of hydrogen-bond acceptors (Lipinski definition) is 3. The number of likely N-dealkylation sites (tertiary alicyclic amines) is 1. The maximum Gasteiger partial charge on any atom is 0.250 e. The van der Waals surface area contributed by atoms with E-state index >= 15 is 0 Å². The quantitative estimate of drug-likeness (QED) is 0.817. The summed E-state index contributed by atoms with van der Waals surface area (Å²) in [6.07, 6.45) is -0.0608. The smallest absolute Gasteiger partial charge is 0.250 e. The molecule has 1 aromatic carbocycles. The van der Waals surface area contributed by atoms with E-state index in [2.05, 4.69) is 35.0 Å². The van der Waals surface area contributed by atoms with Crippen molar-refractivity contribution in [2.45, 2.75) is 39.2 Å². The van der Waals surface area contributed by atoms with Gasteiger partial charge in [-0.15, -0.1) is 11.3 Å². The topological polar surface area (TPSA) is 16.1 Å². The largest absolute Gasteiger partial charge is 0.299 e. The van der Waals surface area contributed by atoms with E-state index < -0.39 is 5.92 Å². The van der Waals surface area contributed by atoms with Crippen molar-refractivity contribution < 1.29 is 8.78 Å². The van der Waals surface area contributed by atoms with Gasteiger partial charge >= 0.3 is 0 Å². The molecule has 5 heteroatoms. The first-order valence-electron chi connectivity index (χ1n) is 7.55. The van der Waals surface area contributed by atoms with Crippen LogP contribution in [0.15, 0.2) is 23.6 Å². The number of rotatable bonds is 3. The van der Waals surface area contributed by atoms with E-state index in [-0.39, 0.29) is 12.8 Å². The monoisotopic (exact) mass is 322 g/mol. The Morgan fingerprint density at radius 3 is 2.55 bits per heavy atom. The van der Waals surface area contributed by atoms with E-state index in [1.807, 2.05) is 12.3 Å². The molecule has 0 bridgehead atoms. The van der Waals surface area contributed by atoms with Crippen LogP contribution in [0, 0.1) is 13.8 Å². The van der Waals surface area contributed by atoms with Crippen molar-refractivity contribution in [1.82, 2.24) is 9.88 Å². The minimum Gasteiger partial charge on any atom is -0.299 e. The second-order valence-electron chi connectivity index (χ2n) is 6.13. The van der Waals surface area contributed by atoms with E-state index in [0.717, 1.165) is 22.8 Å². The Bertz CT molecular complexity index is 656. The van der Waals surface area contributed by atoms with Crippen LogP contribution in [-0.2, 0) is 6.54 Å². The first kappa shape index (κ1) is 15.6. The molecule has 0 unspecified atom stereocenters. The number of nitrogens with zero attached hydrogens (tertiary/aromatic N) is 2. The molecule has 2 heterocycles. The zero-order valence-corrected chi connectivity index (χ0v) is 13.7. The molecular weight excluding hydrogens is 302 g/mol. The van der Waals surface area contributed by atoms with Crippen LogP contribution in [0.3, 0.4) is 0 Å². The third kappa shape index (κ3) is 3.70. The van der Waals surface area contributed by atoms with Gasteiger partial charge in [0, 0.05) is 49.1 Å². The molecule has 0 N–H and O–H groups in total. The molecule has 3 rings (SSSR count). The molecule has 0 aliphatic carbocycles. The summed E-state index contributed by atoms with van der Waals surface area (Å²) < 4.78 is 26.5. The number of benzene rings is 1. The Hall–Kier alpha value is -1.33. The molecule has 1 aliphatic rings. The lowest BCUT2D eigenvalue weighted by atomic mass is 10.0. The zero-order chi connectivity index (χ0) is 15.7. The summed E-state index contributed by atoms with van der Waals surface area (Å²) in [4.78, 5) is 6.65. The van der Waals surface area contributed by atoms with Gasteiger partial charge in [0.25, 0.3) is 5.92 Å². The van der Waals surface area contributed by atoms with Crippen molar-refractivity contribution in [2.75, 3.05) is 13.1 Å². The van der Waals surface area contributed by atoms with Crippen LogP contribution in [0.4, 0.5) is 8.78 Å². The Balaban J connectivity index is 1.76. The highest BCUT2D eigenvalue weighted by Crippen LogP contribution is 2.30. The number of aromatic nitrogens is 1. The predicted octanol–water partition coefficient (Wildman–Crippen LogP) is 4.66. The Labute approximate surface area is 133 Å². The molecule has 1 saturated heterocycles. The van der Waals surface area contributed by atoms with Crippen molar-refractivity contribution in [3.05, 3.63) is 40.4 Å². The van der Waals surface area contributed by atoms with Gasteiger partial charge in [-0.2, -0.15) is 0 Å². The number of piperidine rings is 1. The highest BCUT2D eigenvalue weighted by atomic mass is 32.1. The SMILES string of the molecule is Cc1cc(CN2CCC(F)(F)CC2)cc(-c2nc(C)cs2)c1. The average Bonchev–Trinajstić information content (AvgIpc) is 2.87. The minimum absolute atomic E-state index is 0.0304. The van der Waals surface area contributed by atoms with Gasteiger partial charge in [0.1, 0.15) is 5.01 Å². The maximum atomic E-state index is 13.2. The number of aryl methyl sites for hydroxylation is 2. The molecule has 0 saturated carbocycles. The van der Waals surface area contributed by atoms with Crippen molar-refractivity contribution in [3.63, 3.8) is 0 Å². The summed E-state index contributed by atoms with van der Waals surface area (Å²) >= 11 is 1.64. The molecule has 118 valence electrons. The van der Waals surface area contributed by atoms with E-state index in [4.69, 9.17) is 0 Å². The third-order valence-electron chi connectivity index (χ3n) is 4.00. The van der Waals surface area contributed by atoms with Gasteiger partial charge in [-0.05, 0) is 31.5 Å². The van der Waals surface area contributed by atoms with Crippen LogP contribution < -0.4 is 0 Å². The maximum absolute atomic E-state index is 13.2. The summed E-state index contributed by atoms with van der Waals surface area (Å²) in [5.74, 6) is -2.48. The number of hydrogen-bond donors (Lipinski definition) is 0. The molecule has 2 nitrogen and oxygen atoms in total. The predicted molar refractivity (Wildman–Crippen MR) is 86.5 cm³/mol. The summed E-state index contributed by atoms with van der Waals surface area (Å²) in [7, 11) is 0. The lowest BCUT2D eigenvalue weighted by Crippen LogP contribution is -2.38. The summed E-state index contributed by atoms with van der Waals surface area (Å²) in [6.45, 7) is 5.72. The van der Waals surface area contributed by atoms with Gasteiger partial charge < -0.3 is 0 Å². The highest BCUT2D eigenvalue weighted by Gasteiger charge is 2.33. The molecule has 22 heavy (non-hydrogen) atoms. The van der Waals surface area contributed by atoms with Gasteiger partial charge in [0.2, 0.25) is 0 Å². The normalized spacial score (nSPS) is 18.5. The van der Waals surface area contributed by atoms with Gasteiger partial charge in [-0.25, -0.2) is 13.8 Å². The number of alkyl halides is 2. The fourth-order valence-corrected chi connectivity index (χ4v) is 3.65. The first-order valence-corrected chi connectivity index (χ1v) is 8.42. The zero-order valence-electron chi connectivity index (χ0n) is 12.9. The van der Waals surface area contributed by atoms with Crippen LogP contribution in [0.5, 0.6) is 0 Å². The molecule has 0 amide bonds. The summed E-state index contributed by atoms with van der Waals surface area (Å²) in [5.41, 5.74) is 4.51.